The van der Waals surface area contributed by atoms with Gasteiger partial charge in [-0.15, -0.1) is 0 Å². The van der Waals surface area contributed by atoms with Gasteiger partial charge in [-0.2, -0.15) is 0 Å². The summed E-state index contributed by atoms with van der Waals surface area (Å²) in [5, 5.41) is 3.19. The van der Waals surface area contributed by atoms with Gasteiger partial charge in [0.15, 0.2) is 0 Å². The predicted molar refractivity (Wildman–Crippen MR) is 76.3 cm³/mol. The topological polar surface area (TPSA) is 58.2 Å². The van der Waals surface area contributed by atoms with Crippen LogP contribution in [0, 0.1) is 5.82 Å². The molecule has 1 aromatic rings. The molecule has 0 radical (unpaired) electrons. The second kappa shape index (κ2) is 6.20. The number of rotatable bonds is 6. The van der Waals surface area contributed by atoms with E-state index in [1.54, 1.807) is 6.07 Å². The van der Waals surface area contributed by atoms with Crippen LogP contribution < -0.4 is 10.0 Å². The highest BCUT2D eigenvalue weighted by Gasteiger charge is 2.26. The molecule has 0 spiro atoms. The Kier molecular flexibility index (Phi) is 4.78. The maximum Gasteiger partial charge on any atom is 0.243 e. The Morgan fingerprint density at radius 3 is 2.60 bits per heavy atom. The monoisotopic (exact) mass is 300 g/mol. The molecule has 1 aliphatic carbocycles. The van der Waals surface area contributed by atoms with Crippen LogP contribution in [0.2, 0.25) is 0 Å². The van der Waals surface area contributed by atoms with Crippen molar-refractivity contribution < 1.29 is 12.8 Å². The van der Waals surface area contributed by atoms with Crippen molar-refractivity contribution in [1.29, 1.82) is 0 Å². The van der Waals surface area contributed by atoms with Gasteiger partial charge in [-0.05, 0) is 30.5 Å². The van der Waals surface area contributed by atoms with Crippen molar-refractivity contribution >= 4 is 10.0 Å². The van der Waals surface area contributed by atoms with Crippen LogP contribution in [0.4, 0.5) is 4.39 Å². The molecule has 0 atom stereocenters. The van der Waals surface area contributed by atoms with Crippen LogP contribution >= 0.6 is 0 Å². The average molecular weight is 300 g/mol. The summed E-state index contributed by atoms with van der Waals surface area (Å²) in [5.41, 5.74) is 0.758. The summed E-state index contributed by atoms with van der Waals surface area (Å²) in [6, 6.07) is 4.47. The number of nitrogens with one attached hydrogen (secondary N) is 2. The molecule has 1 saturated carbocycles. The number of halogens is 1. The van der Waals surface area contributed by atoms with Crippen LogP contribution in [0.5, 0.6) is 0 Å². The van der Waals surface area contributed by atoms with Crippen molar-refractivity contribution in [2.75, 3.05) is 0 Å². The lowest BCUT2D eigenvalue weighted by Gasteiger charge is -2.26. The Balaban J connectivity index is 2.18. The molecule has 6 heteroatoms. The molecule has 2 N–H and O–H groups in total. The molecule has 0 bridgehead atoms. The molecule has 1 aliphatic rings. The van der Waals surface area contributed by atoms with Gasteiger partial charge in [-0.3, -0.25) is 0 Å². The highest BCUT2D eigenvalue weighted by atomic mass is 32.2. The lowest BCUT2D eigenvalue weighted by atomic mass is 9.94. The molecule has 2 rings (SSSR count). The molecule has 4 nitrogen and oxygen atoms in total. The van der Waals surface area contributed by atoms with Crippen molar-refractivity contribution in [3.8, 4) is 0 Å². The summed E-state index contributed by atoms with van der Waals surface area (Å²) >= 11 is 0. The minimum atomic E-state index is -3.76. The molecule has 0 aromatic heterocycles. The molecule has 0 heterocycles. The van der Waals surface area contributed by atoms with E-state index in [2.05, 4.69) is 10.0 Å². The van der Waals surface area contributed by atoms with Gasteiger partial charge in [0.1, 0.15) is 10.7 Å². The molecule has 0 unspecified atom stereocenters. The van der Waals surface area contributed by atoms with Gasteiger partial charge in [0, 0.05) is 18.6 Å². The third-order valence-corrected chi connectivity index (χ3v) is 4.96. The van der Waals surface area contributed by atoms with Crippen molar-refractivity contribution in [3.63, 3.8) is 0 Å². The Morgan fingerprint density at radius 2 is 2.05 bits per heavy atom. The molecule has 0 saturated heterocycles. The van der Waals surface area contributed by atoms with Crippen molar-refractivity contribution in [2.24, 2.45) is 0 Å². The fourth-order valence-electron chi connectivity index (χ4n) is 1.99. The Hall–Kier alpha value is -0.980. The Morgan fingerprint density at radius 1 is 1.35 bits per heavy atom. The maximum atomic E-state index is 13.8. The first kappa shape index (κ1) is 15.4. The first-order valence-corrected chi connectivity index (χ1v) is 8.41. The number of sulfonamides is 1. The molecule has 112 valence electrons. The van der Waals surface area contributed by atoms with Crippen LogP contribution in [0.1, 0.15) is 38.7 Å². The molecular formula is C14H21FN2O2S. The van der Waals surface area contributed by atoms with Gasteiger partial charge < -0.3 is 5.32 Å². The van der Waals surface area contributed by atoms with E-state index in [0.717, 1.165) is 24.8 Å². The third-order valence-electron chi connectivity index (χ3n) is 3.43. The molecule has 1 aromatic carbocycles. The van der Waals surface area contributed by atoms with E-state index < -0.39 is 15.8 Å². The zero-order chi connectivity index (χ0) is 14.8. The number of hydrogen-bond donors (Lipinski definition) is 2. The quantitative estimate of drug-likeness (QED) is 0.846. The van der Waals surface area contributed by atoms with Gasteiger partial charge in [0.2, 0.25) is 10.0 Å². The molecule has 20 heavy (non-hydrogen) atoms. The highest BCUT2D eigenvalue weighted by molar-refractivity contribution is 7.89. The van der Waals surface area contributed by atoms with Crippen molar-refractivity contribution in [3.05, 3.63) is 29.6 Å². The smallest absolute Gasteiger partial charge is 0.243 e. The number of benzene rings is 1. The van der Waals surface area contributed by atoms with E-state index in [9.17, 15) is 12.8 Å². The summed E-state index contributed by atoms with van der Waals surface area (Å²) in [5.74, 6) is -0.704. The summed E-state index contributed by atoms with van der Waals surface area (Å²) < 4.78 is 40.7. The van der Waals surface area contributed by atoms with Crippen LogP contribution in [-0.4, -0.2) is 20.5 Å². The zero-order valence-corrected chi connectivity index (χ0v) is 12.6. The van der Waals surface area contributed by atoms with Crippen LogP contribution in [0.25, 0.3) is 0 Å². The van der Waals surface area contributed by atoms with E-state index in [0.29, 0.717) is 6.54 Å². The summed E-state index contributed by atoms with van der Waals surface area (Å²) in [6.07, 6.45) is 2.68. The summed E-state index contributed by atoms with van der Waals surface area (Å²) in [4.78, 5) is -0.257. The van der Waals surface area contributed by atoms with E-state index in [1.807, 2.05) is 13.8 Å². The summed E-state index contributed by atoms with van der Waals surface area (Å²) in [6.45, 7) is 4.52. The lowest BCUT2D eigenvalue weighted by molar-refractivity contribution is 0.382. The fraction of sp³-hybridized carbons (Fsp3) is 0.571. The maximum absolute atomic E-state index is 13.8. The molecule has 0 amide bonds. The minimum Gasteiger partial charge on any atom is -0.310 e. The van der Waals surface area contributed by atoms with E-state index in [4.69, 9.17) is 0 Å². The summed E-state index contributed by atoms with van der Waals surface area (Å²) in [7, 11) is -3.76. The predicted octanol–water partition coefficient (Wildman–Crippen LogP) is 2.15. The Labute approximate surface area is 119 Å². The first-order chi connectivity index (χ1) is 9.38. The van der Waals surface area contributed by atoms with Gasteiger partial charge in [0.05, 0.1) is 0 Å². The Bertz CT molecular complexity index is 569. The second-order valence-corrected chi connectivity index (χ2v) is 7.23. The van der Waals surface area contributed by atoms with Crippen LogP contribution in [0.15, 0.2) is 23.1 Å². The lowest BCUT2D eigenvalue weighted by Crippen LogP contribution is -2.39. The van der Waals surface area contributed by atoms with Gasteiger partial charge in [-0.1, -0.05) is 26.3 Å². The van der Waals surface area contributed by atoms with E-state index in [1.165, 1.54) is 12.1 Å². The third kappa shape index (κ3) is 3.77. The van der Waals surface area contributed by atoms with Gasteiger partial charge in [0.25, 0.3) is 0 Å². The highest BCUT2D eigenvalue weighted by Crippen LogP contribution is 2.23. The molecule has 1 fully saturated rings. The van der Waals surface area contributed by atoms with Crippen molar-refractivity contribution in [1.82, 2.24) is 10.0 Å². The zero-order valence-electron chi connectivity index (χ0n) is 11.8. The minimum absolute atomic E-state index is 0.0446. The first-order valence-electron chi connectivity index (χ1n) is 6.92. The molecule has 0 aliphatic heterocycles. The normalized spacial score (nSPS) is 16.4. The van der Waals surface area contributed by atoms with Gasteiger partial charge >= 0.3 is 0 Å². The van der Waals surface area contributed by atoms with E-state index in [-0.39, 0.29) is 17.0 Å². The second-order valence-electron chi connectivity index (χ2n) is 5.55. The average Bonchev–Trinajstić information content (AvgIpc) is 2.33. The molecular weight excluding hydrogens is 279 g/mol. The fourth-order valence-corrected chi connectivity index (χ4v) is 3.43. The van der Waals surface area contributed by atoms with Crippen molar-refractivity contribution in [2.45, 2.75) is 56.6 Å². The standard InChI is InChI=1S/C14H21FN2O2S/c1-10(2)16-9-11-6-7-13(15)14(8-11)20(18,19)17-12-4-3-5-12/h6-8,10,12,16-17H,3-5,9H2,1-2H3. The SMILES string of the molecule is CC(C)NCc1ccc(F)c(S(=O)(=O)NC2CCC2)c1. The largest absolute Gasteiger partial charge is 0.310 e. The number of hydrogen-bond acceptors (Lipinski definition) is 3. The van der Waals surface area contributed by atoms with Crippen LogP contribution in [-0.2, 0) is 16.6 Å². The van der Waals surface area contributed by atoms with Crippen LogP contribution in [0.3, 0.4) is 0 Å². The van der Waals surface area contributed by atoms with Gasteiger partial charge in [-0.25, -0.2) is 17.5 Å². The van der Waals surface area contributed by atoms with E-state index >= 15 is 0 Å².